The van der Waals surface area contributed by atoms with E-state index in [4.69, 9.17) is 0 Å². The first kappa shape index (κ1) is 16.4. The van der Waals surface area contributed by atoms with Gasteiger partial charge in [-0.1, -0.05) is 26.7 Å². The van der Waals surface area contributed by atoms with Crippen LogP contribution >= 0.6 is 0 Å². The van der Waals surface area contributed by atoms with Gasteiger partial charge in [0.25, 0.3) is 5.91 Å². The predicted octanol–water partition coefficient (Wildman–Crippen LogP) is 3.30. The molecule has 0 unspecified atom stereocenters. The second-order valence-electron chi connectivity index (χ2n) is 4.77. The summed E-state index contributed by atoms with van der Waals surface area (Å²) in [5.74, 6) is -0.705. The average Bonchev–Trinajstić information content (AvgIpc) is 2.47. The normalized spacial score (nSPS) is 10.4. The lowest BCUT2D eigenvalue weighted by Gasteiger charge is -2.23. The summed E-state index contributed by atoms with van der Waals surface area (Å²) in [4.78, 5) is 18.1. The van der Waals surface area contributed by atoms with Gasteiger partial charge in [-0.15, -0.1) is 0 Å². The number of aromatic nitrogens is 1. The van der Waals surface area contributed by atoms with E-state index in [0.717, 1.165) is 25.7 Å². The highest BCUT2D eigenvalue weighted by molar-refractivity contribution is 5.95. The van der Waals surface area contributed by atoms with Gasteiger partial charge in [-0.25, -0.2) is 9.37 Å². The molecule has 0 aliphatic heterocycles. The van der Waals surface area contributed by atoms with Crippen molar-refractivity contribution in [2.75, 3.05) is 25.5 Å². The Morgan fingerprint density at radius 1 is 1.30 bits per heavy atom. The SMILES string of the molecule is CCCCN(CCCC)C(=O)c1ccnc(NC)c1F. The van der Waals surface area contributed by atoms with E-state index in [-0.39, 0.29) is 17.3 Å². The van der Waals surface area contributed by atoms with Gasteiger partial charge in [-0.2, -0.15) is 0 Å². The van der Waals surface area contributed by atoms with Crippen LogP contribution in [0.1, 0.15) is 49.9 Å². The molecule has 1 aromatic rings. The van der Waals surface area contributed by atoms with Crippen LogP contribution in [0.15, 0.2) is 12.3 Å². The van der Waals surface area contributed by atoms with Crippen molar-refractivity contribution in [3.05, 3.63) is 23.6 Å². The van der Waals surface area contributed by atoms with Crippen molar-refractivity contribution in [3.8, 4) is 0 Å². The van der Waals surface area contributed by atoms with Gasteiger partial charge >= 0.3 is 0 Å². The molecule has 20 heavy (non-hydrogen) atoms. The number of amides is 1. The van der Waals surface area contributed by atoms with Crippen molar-refractivity contribution in [1.29, 1.82) is 0 Å². The van der Waals surface area contributed by atoms with Gasteiger partial charge in [-0.3, -0.25) is 4.79 Å². The molecule has 0 bridgehead atoms. The molecule has 1 aromatic heterocycles. The molecule has 0 saturated carbocycles. The van der Waals surface area contributed by atoms with Crippen LogP contribution in [0.4, 0.5) is 10.2 Å². The fraction of sp³-hybridized carbons (Fsp3) is 0.600. The number of carbonyl (C=O) groups is 1. The molecule has 0 fully saturated rings. The Morgan fingerprint density at radius 3 is 2.40 bits per heavy atom. The molecule has 1 rings (SSSR count). The number of anilines is 1. The Hall–Kier alpha value is -1.65. The Balaban J connectivity index is 2.92. The zero-order valence-corrected chi connectivity index (χ0v) is 12.6. The number of hydrogen-bond acceptors (Lipinski definition) is 3. The van der Waals surface area contributed by atoms with Crippen molar-refractivity contribution in [2.24, 2.45) is 0 Å². The van der Waals surface area contributed by atoms with E-state index in [9.17, 15) is 9.18 Å². The Bertz CT molecular complexity index is 429. The molecule has 0 atom stereocenters. The third-order valence-corrected chi connectivity index (χ3v) is 3.21. The maximum Gasteiger partial charge on any atom is 0.257 e. The highest BCUT2D eigenvalue weighted by Gasteiger charge is 2.20. The zero-order chi connectivity index (χ0) is 15.0. The molecule has 4 nitrogen and oxygen atoms in total. The summed E-state index contributed by atoms with van der Waals surface area (Å²) >= 11 is 0. The fourth-order valence-corrected chi connectivity index (χ4v) is 1.97. The number of unbranched alkanes of at least 4 members (excludes halogenated alkanes) is 2. The number of carbonyl (C=O) groups excluding carboxylic acids is 1. The summed E-state index contributed by atoms with van der Waals surface area (Å²) in [6, 6.07) is 1.45. The highest BCUT2D eigenvalue weighted by Crippen LogP contribution is 2.17. The summed E-state index contributed by atoms with van der Waals surface area (Å²) in [6.45, 7) is 5.50. The molecule has 0 spiro atoms. The first-order chi connectivity index (χ1) is 9.65. The lowest BCUT2D eigenvalue weighted by Crippen LogP contribution is -2.33. The quantitative estimate of drug-likeness (QED) is 0.795. The molecular weight excluding hydrogens is 257 g/mol. The van der Waals surface area contributed by atoms with Crippen molar-refractivity contribution in [1.82, 2.24) is 9.88 Å². The maximum absolute atomic E-state index is 14.2. The van der Waals surface area contributed by atoms with E-state index in [1.807, 2.05) is 0 Å². The third-order valence-electron chi connectivity index (χ3n) is 3.21. The molecule has 1 heterocycles. The lowest BCUT2D eigenvalue weighted by atomic mass is 10.2. The van der Waals surface area contributed by atoms with Crippen LogP contribution in [0, 0.1) is 5.82 Å². The summed E-state index contributed by atoms with van der Waals surface area (Å²) in [5, 5.41) is 2.66. The first-order valence-corrected chi connectivity index (χ1v) is 7.27. The van der Waals surface area contributed by atoms with Crippen LogP contribution in [-0.2, 0) is 0 Å². The molecule has 0 aliphatic rings. The Kier molecular flexibility index (Phi) is 6.98. The van der Waals surface area contributed by atoms with E-state index in [1.54, 1.807) is 11.9 Å². The standard InChI is InChI=1S/C15H24FN3O/c1-4-6-10-19(11-7-5-2)15(20)12-8-9-18-14(17-3)13(12)16/h8-9H,4-7,10-11H2,1-3H3,(H,17,18). The third kappa shape index (κ3) is 4.18. The lowest BCUT2D eigenvalue weighted by molar-refractivity contribution is 0.0746. The van der Waals surface area contributed by atoms with Crippen molar-refractivity contribution in [2.45, 2.75) is 39.5 Å². The van der Waals surface area contributed by atoms with Crippen LogP contribution in [0.3, 0.4) is 0 Å². The minimum Gasteiger partial charge on any atom is -0.371 e. The number of pyridine rings is 1. The van der Waals surface area contributed by atoms with E-state index in [2.05, 4.69) is 24.1 Å². The number of hydrogen-bond donors (Lipinski definition) is 1. The van der Waals surface area contributed by atoms with Crippen molar-refractivity contribution < 1.29 is 9.18 Å². The Labute approximate surface area is 120 Å². The van der Waals surface area contributed by atoms with Crippen LogP contribution in [0.5, 0.6) is 0 Å². The predicted molar refractivity (Wildman–Crippen MR) is 79.5 cm³/mol. The number of nitrogens with zero attached hydrogens (tertiary/aromatic N) is 2. The topological polar surface area (TPSA) is 45.2 Å². The maximum atomic E-state index is 14.2. The van der Waals surface area contributed by atoms with E-state index >= 15 is 0 Å². The van der Waals surface area contributed by atoms with Gasteiger partial charge in [0, 0.05) is 26.3 Å². The van der Waals surface area contributed by atoms with Gasteiger partial charge in [0.05, 0.1) is 5.56 Å². The fourth-order valence-electron chi connectivity index (χ4n) is 1.97. The van der Waals surface area contributed by atoms with E-state index < -0.39 is 5.82 Å². The molecule has 5 heteroatoms. The summed E-state index contributed by atoms with van der Waals surface area (Å²) in [5.41, 5.74) is 0.0940. The van der Waals surface area contributed by atoms with Gasteiger partial charge in [0.1, 0.15) is 0 Å². The van der Waals surface area contributed by atoms with Gasteiger partial charge in [0.15, 0.2) is 11.6 Å². The minimum atomic E-state index is -0.571. The molecule has 112 valence electrons. The van der Waals surface area contributed by atoms with Crippen LogP contribution in [-0.4, -0.2) is 35.9 Å². The van der Waals surface area contributed by atoms with Gasteiger partial charge in [-0.05, 0) is 18.9 Å². The van der Waals surface area contributed by atoms with Gasteiger partial charge < -0.3 is 10.2 Å². The van der Waals surface area contributed by atoms with Crippen LogP contribution < -0.4 is 5.32 Å². The van der Waals surface area contributed by atoms with Crippen molar-refractivity contribution >= 4 is 11.7 Å². The molecular formula is C15H24FN3O. The number of nitrogens with one attached hydrogen (secondary N) is 1. The monoisotopic (exact) mass is 281 g/mol. The molecule has 0 radical (unpaired) electrons. The summed E-state index contributed by atoms with van der Waals surface area (Å²) in [7, 11) is 1.59. The van der Waals surface area contributed by atoms with Crippen LogP contribution in [0.25, 0.3) is 0 Å². The van der Waals surface area contributed by atoms with Crippen LogP contribution in [0.2, 0.25) is 0 Å². The van der Waals surface area contributed by atoms with Gasteiger partial charge in [0.2, 0.25) is 0 Å². The second-order valence-corrected chi connectivity index (χ2v) is 4.77. The minimum absolute atomic E-state index is 0.0940. The van der Waals surface area contributed by atoms with E-state index in [1.165, 1.54) is 12.3 Å². The highest BCUT2D eigenvalue weighted by atomic mass is 19.1. The molecule has 0 aliphatic carbocycles. The van der Waals surface area contributed by atoms with E-state index in [0.29, 0.717) is 13.1 Å². The molecule has 0 aromatic carbocycles. The van der Waals surface area contributed by atoms with Crippen molar-refractivity contribution in [3.63, 3.8) is 0 Å². The summed E-state index contributed by atoms with van der Waals surface area (Å²) < 4.78 is 14.2. The largest absolute Gasteiger partial charge is 0.371 e. The zero-order valence-electron chi connectivity index (χ0n) is 12.6. The second kappa shape index (κ2) is 8.51. The first-order valence-electron chi connectivity index (χ1n) is 7.27. The average molecular weight is 281 g/mol. The Morgan fingerprint density at radius 2 is 1.90 bits per heavy atom. The number of halogens is 1. The molecule has 1 N–H and O–H groups in total. The number of rotatable bonds is 8. The molecule has 0 saturated heterocycles. The smallest absolute Gasteiger partial charge is 0.257 e. The summed E-state index contributed by atoms with van der Waals surface area (Å²) in [6.07, 6.45) is 5.34. The molecule has 1 amide bonds.